The molecule has 0 aliphatic carbocycles. The van der Waals surface area contributed by atoms with Crippen LogP contribution in [0.5, 0.6) is 5.75 Å². The molecule has 0 radical (unpaired) electrons. The molecule has 0 aromatic heterocycles. The Bertz CT molecular complexity index is 1040. The van der Waals surface area contributed by atoms with Gasteiger partial charge in [0, 0.05) is 19.5 Å². The van der Waals surface area contributed by atoms with Crippen LogP contribution in [-0.4, -0.2) is 70.9 Å². The van der Waals surface area contributed by atoms with E-state index in [1.807, 2.05) is 20.8 Å². The largest absolute Gasteiger partial charge is 0.493 e. The topological polar surface area (TPSA) is 122 Å². The standard InChI is InChI=1S/C24H29N3O7/c1-24(2,3)34-23(32)26-10-8-14(9-11-26)13-33-15-4-5-16-17(12-15)22(31)27(21(16)30)18-6-7-19(28)25-20(18)29/h4-5,12,14,18H,6-11,13H2,1-3H3,(H,25,28,29). The summed E-state index contributed by atoms with van der Waals surface area (Å²) >= 11 is 0. The van der Waals surface area contributed by atoms with Crippen LogP contribution in [0.2, 0.25) is 0 Å². The second-order valence-electron chi connectivity index (χ2n) is 9.88. The maximum absolute atomic E-state index is 12.9. The molecule has 2 fully saturated rings. The van der Waals surface area contributed by atoms with Crippen LogP contribution >= 0.6 is 0 Å². The lowest BCUT2D eigenvalue weighted by Crippen LogP contribution is -2.54. The molecule has 10 heteroatoms. The average Bonchev–Trinajstić information content (AvgIpc) is 3.01. The summed E-state index contributed by atoms with van der Waals surface area (Å²) in [5, 5.41) is 2.18. The van der Waals surface area contributed by atoms with Crippen molar-refractivity contribution in [3.05, 3.63) is 29.3 Å². The van der Waals surface area contributed by atoms with Crippen LogP contribution in [0.4, 0.5) is 4.79 Å². The molecule has 3 heterocycles. The molecular weight excluding hydrogens is 442 g/mol. The molecular formula is C24H29N3O7. The number of benzene rings is 1. The van der Waals surface area contributed by atoms with Gasteiger partial charge in [0.2, 0.25) is 11.8 Å². The number of carbonyl (C=O) groups excluding carboxylic acids is 5. The van der Waals surface area contributed by atoms with Crippen LogP contribution in [-0.2, 0) is 14.3 Å². The van der Waals surface area contributed by atoms with Crippen molar-refractivity contribution in [2.75, 3.05) is 19.7 Å². The molecule has 0 saturated carbocycles. The molecule has 4 rings (SSSR count). The van der Waals surface area contributed by atoms with Crippen molar-refractivity contribution in [3.8, 4) is 5.75 Å². The molecule has 1 unspecified atom stereocenters. The Hall–Kier alpha value is -3.43. The van der Waals surface area contributed by atoms with E-state index in [2.05, 4.69) is 5.32 Å². The van der Waals surface area contributed by atoms with E-state index in [9.17, 15) is 24.0 Å². The first-order valence-corrected chi connectivity index (χ1v) is 11.5. The van der Waals surface area contributed by atoms with Crippen molar-refractivity contribution in [1.82, 2.24) is 15.1 Å². The van der Waals surface area contributed by atoms with E-state index in [-0.39, 0.29) is 36.0 Å². The van der Waals surface area contributed by atoms with E-state index in [1.54, 1.807) is 11.0 Å². The van der Waals surface area contributed by atoms with E-state index >= 15 is 0 Å². The molecule has 0 spiro atoms. The summed E-state index contributed by atoms with van der Waals surface area (Å²) in [6.07, 6.45) is 1.41. The number of hydrogen-bond donors (Lipinski definition) is 1. The number of piperidine rings is 2. The molecule has 1 atom stereocenters. The molecule has 1 aromatic rings. The minimum absolute atomic E-state index is 0.0743. The first-order valence-electron chi connectivity index (χ1n) is 11.5. The number of likely N-dealkylation sites (tertiary alicyclic amines) is 1. The SMILES string of the molecule is CC(C)(C)OC(=O)N1CCC(COc2ccc3c(c2)C(=O)N(C2CCC(=O)NC2=O)C3=O)CC1. The van der Waals surface area contributed by atoms with Crippen molar-refractivity contribution in [2.45, 2.75) is 58.1 Å². The number of fused-ring (bicyclic) bond motifs is 1. The zero-order valence-corrected chi connectivity index (χ0v) is 19.6. The molecule has 10 nitrogen and oxygen atoms in total. The van der Waals surface area contributed by atoms with Crippen LogP contribution < -0.4 is 10.1 Å². The van der Waals surface area contributed by atoms with Gasteiger partial charge in [-0.3, -0.25) is 29.4 Å². The number of amides is 5. The Balaban J connectivity index is 1.34. The summed E-state index contributed by atoms with van der Waals surface area (Å²) in [6, 6.07) is 3.69. The van der Waals surface area contributed by atoms with Gasteiger partial charge >= 0.3 is 6.09 Å². The highest BCUT2D eigenvalue weighted by Gasteiger charge is 2.44. The lowest BCUT2D eigenvalue weighted by Gasteiger charge is -2.33. The van der Waals surface area contributed by atoms with Gasteiger partial charge < -0.3 is 14.4 Å². The number of nitrogens with one attached hydrogen (secondary N) is 1. The lowest BCUT2D eigenvalue weighted by molar-refractivity contribution is -0.136. The maximum atomic E-state index is 12.9. The first-order chi connectivity index (χ1) is 16.0. The zero-order valence-electron chi connectivity index (χ0n) is 19.6. The fraction of sp³-hybridized carbons (Fsp3) is 0.542. The normalized spacial score (nSPS) is 21.4. The van der Waals surface area contributed by atoms with E-state index < -0.39 is 35.3 Å². The van der Waals surface area contributed by atoms with Gasteiger partial charge in [-0.05, 0) is 64.2 Å². The fourth-order valence-corrected chi connectivity index (χ4v) is 4.36. The van der Waals surface area contributed by atoms with Crippen molar-refractivity contribution >= 4 is 29.7 Å². The van der Waals surface area contributed by atoms with Crippen molar-refractivity contribution < 1.29 is 33.4 Å². The molecule has 5 amide bonds. The van der Waals surface area contributed by atoms with Gasteiger partial charge in [0.05, 0.1) is 17.7 Å². The Kier molecular flexibility index (Phi) is 6.33. The molecule has 1 N–H and O–H groups in total. The fourth-order valence-electron chi connectivity index (χ4n) is 4.36. The summed E-state index contributed by atoms with van der Waals surface area (Å²) in [4.78, 5) is 64.1. The smallest absolute Gasteiger partial charge is 0.410 e. The lowest BCUT2D eigenvalue weighted by atomic mass is 9.98. The molecule has 182 valence electrons. The Morgan fingerprint density at radius 1 is 1.03 bits per heavy atom. The second-order valence-corrected chi connectivity index (χ2v) is 9.88. The Labute approximate surface area is 197 Å². The Morgan fingerprint density at radius 3 is 2.35 bits per heavy atom. The number of imide groups is 2. The van der Waals surface area contributed by atoms with Gasteiger partial charge in [-0.15, -0.1) is 0 Å². The van der Waals surface area contributed by atoms with Crippen LogP contribution in [0.25, 0.3) is 0 Å². The third-order valence-electron chi connectivity index (χ3n) is 6.16. The molecule has 34 heavy (non-hydrogen) atoms. The summed E-state index contributed by atoms with van der Waals surface area (Å²) < 4.78 is 11.3. The van der Waals surface area contributed by atoms with Crippen LogP contribution in [0.1, 0.15) is 67.2 Å². The zero-order chi connectivity index (χ0) is 24.6. The molecule has 0 bridgehead atoms. The highest BCUT2D eigenvalue weighted by Crippen LogP contribution is 2.31. The minimum atomic E-state index is -0.996. The third-order valence-corrected chi connectivity index (χ3v) is 6.16. The van der Waals surface area contributed by atoms with Crippen molar-refractivity contribution in [1.29, 1.82) is 0 Å². The number of carbonyl (C=O) groups is 5. The summed E-state index contributed by atoms with van der Waals surface area (Å²) in [5.74, 6) is -1.46. The highest BCUT2D eigenvalue weighted by atomic mass is 16.6. The van der Waals surface area contributed by atoms with Crippen LogP contribution in [0.3, 0.4) is 0 Å². The minimum Gasteiger partial charge on any atom is -0.493 e. The second kappa shape index (κ2) is 9.08. The molecule has 1 aromatic carbocycles. The van der Waals surface area contributed by atoms with E-state index in [0.29, 0.717) is 25.4 Å². The van der Waals surface area contributed by atoms with E-state index in [4.69, 9.17) is 9.47 Å². The third kappa shape index (κ3) is 4.90. The average molecular weight is 472 g/mol. The van der Waals surface area contributed by atoms with Gasteiger partial charge in [0.1, 0.15) is 17.4 Å². The van der Waals surface area contributed by atoms with Gasteiger partial charge in [-0.1, -0.05) is 0 Å². The van der Waals surface area contributed by atoms with Gasteiger partial charge in [-0.25, -0.2) is 4.79 Å². The van der Waals surface area contributed by atoms with Gasteiger partial charge in [0.25, 0.3) is 11.8 Å². The number of rotatable bonds is 4. The highest BCUT2D eigenvalue weighted by molar-refractivity contribution is 6.23. The molecule has 3 aliphatic rings. The van der Waals surface area contributed by atoms with E-state index in [1.165, 1.54) is 12.1 Å². The quantitative estimate of drug-likeness (QED) is 0.668. The summed E-state index contributed by atoms with van der Waals surface area (Å²) in [5.41, 5.74) is -0.128. The number of ether oxygens (including phenoxy) is 2. The summed E-state index contributed by atoms with van der Waals surface area (Å²) in [6.45, 7) is 7.10. The summed E-state index contributed by atoms with van der Waals surface area (Å²) in [7, 11) is 0. The number of nitrogens with zero attached hydrogens (tertiary/aromatic N) is 2. The van der Waals surface area contributed by atoms with Crippen molar-refractivity contribution in [3.63, 3.8) is 0 Å². The Morgan fingerprint density at radius 2 is 1.71 bits per heavy atom. The van der Waals surface area contributed by atoms with Crippen molar-refractivity contribution in [2.24, 2.45) is 5.92 Å². The van der Waals surface area contributed by atoms with Crippen LogP contribution in [0, 0.1) is 5.92 Å². The van der Waals surface area contributed by atoms with Gasteiger partial charge in [0.15, 0.2) is 0 Å². The van der Waals surface area contributed by atoms with Crippen LogP contribution in [0.15, 0.2) is 18.2 Å². The number of hydrogen-bond acceptors (Lipinski definition) is 7. The predicted molar refractivity (Wildman–Crippen MR) is 119 cm³/mol. The first kappa shape index (κ1) is 23.7. The van der Waals surface area contributed by atoms with Gasteiger partial charge in [-0.2, -0.15) is 0 Å². The molecule has 2 saturated heterocycles. The maximum Gasteiger partial charge on any atom is 0.410 e. The predicted octanol–water partition coefficient (Wildman–Crippen LogP) is 2.11. The van der Waals surface area contributed by atoms with E-state index in [0.717, 1.165) is 17.7 Å². The molecule has 3 aliphatic heterocycles. The monoisotopic (exact) mass is 471 g/mol.